The minimum atomic E-state index is 0.410. The molecule has 2 unspecified atom stereocenters. The quantitative estimate of drug-likeness (QED) is 0.846. The molecule has 0 saturated heterocycles. The Kier molecular flexibility index (Phi) is 3.19. The first-order valence-corrected chi connectivity index (χ1v) is 6.90. The normalized spacial score (nSPS) is 22.8. The Hall–Kier alpha value is -1.55. The second-order valence-corrected chi connectivity index (χ2v) is 5.74. The van der Waals surface area contributed by atoms with E-state index in [1.165, 1.54) is 6.42 Å². The molecule has 2 N–H and O–H groups in total. The minimum absolute atomic E-state index is 0.410. The van der Waals surface area contributed by atoms with E-state index in [0.29, 0.717) is 28.1 Å². The second kappa shape index (κ2) is 4.85. The van der Waals surface area contributed by atoms with E-state index in [9.17, 15) is 0 Å². The number of hydrogen-bond acceptors (Lipinski definition) is 4. The molecular formula is C14H16ClN3O. The van der Waals surface area contributed by atoms with Gasteiger partial charge in [-0.3, -0.25) is 0 Å². The average molecular weight is 278 g/mol. The summed E-state index contributed by atoms with van der Waals surface area (Å²) in [5.41, 5.74) is 7.22. The summed E-state index contributed by atoms with van der Waals surface area (Å²) in [6.45, 7) is 2.26. The number of rotatable bonds is 2. The molecule has 1 aromatic carbocycles. The number of halogens is 1. The van der Waals surface area contributed by atoms with Crippen LogP contribution in [0.15, 0.2) is 22.7 Å². The van der Waals surface area contributed by atoms with E-state index in [1.807, 2.05) is 0 Å². The Bertz CT molecular complexity index is 596. The van der Waals surface area contributed by atoms with Crippen molar-refractivity contribution in [3.05, 3.63) is 29.0 Å². The van der Waals surface area contributed by atoms with Gasteiger partial charge in [0.05, 0.1) is 5.56 Å². The summed E-state index contributed by atoms with van der Waals surface area (Å²) in [7, 11) is 0. The van der Waals surface area contributed by atoms with Crippen molar-refractivity contribution in [2.24, 2.45) is 5.92 Å². The van der Waals surface area contributed by atoms with Crippen molar-refractivity contribution in [2.45, 2.75) is 32.1 Å². The first-order chi connectivity index (χ1) is 9.13. The van der Waals surface area contributed by atoms with Gasteiger partial charge in [-0.05, 0) is 43.4 Å². The molecule has 4 nitrogen and oxygen atoms in total. The molecule has 0 aliphatic heterocycles. The maximum atomic E-state index is 5.97. The molecule has 1 aromatic heterocycles. The molecule has 1 aliphatic carbocycles. The van der Waals surface area contributed by atoms with Crippen LogP contribution in [0.4, 0.5) is 5.69 Å². The van der Waals surface area contributed by atoms with Crippen molar-refractivity contribution < 1.29 is 4.52 Å². The highest BCUT2D eigenvalue weighted by molar-refractivity contribution is 6.31. The maximum Gasteiger partial charge on any atom is 0.260 e. The van der Waals surface area contributed by atoms with Gasteiger partial charge in [-0.2, -0.15) is 4.98 Å². The predicted molar refractivity (Wildman–Crippen MR) is 74.9 cm³/mol. The molecule has 1 heterocycles. The number of nitrogens with two attached hydrogens (primary N) is 1. The third kappa shape index (κ3) is 2.45. The van der Waals surface area contributed by atoms with Gasteiger partial charge in [-0.1, -0.05) is 23.7 Å². The molecule has 100 valence electrons. The topological polar surface area (TPSA) is 64.9 Å². The molecule has 1 fully saturated rings. The summed E-state index contributed by atoms with van der Waals surface area (Å²) in [6, 6.07) is 5.25. The number of aromatic nitrogens is 2. The predicted octanol–water partition coefficient (Wildman–Crippen LogP) is 3.88. The van der Waals surface area contributed by atoms with Crippen molar-refractivity contribution in [1.82, 2.24) is 10.1 Å². The van der Waals surface area contributed by atoms with Crippen LogP contribution in [0, 0.1) is 5.92 Å². The molecule has 0 spiro atoms. The van der Waals surface area contributed by atoms with Crippen LogP contribution in [0.5, 0.6) is 0 Å². The summed E-state index contributed by atoms with van der Waals surface area (Å²) in [4.78, 5) is 4.48. The highest BCUT2D eigenvalue weighted by Gasteiger charge is 2.27. The zero-order valence-electron chi connectivity index (χ0n) is 10.8. The summed E-state index contributed by atoms with van der Waals surface area (Å²) in [5, 5.41) is 4.70. The SMILES string of the molecule is CC1CCC(c2noc(-c3cc(Cl)ccc3N)n2)C1. The van der Waals surface area contributed by atoms with E-state index < -0.39 is 0 Å². The zero-order chi connectivity index (χ0) is 13.4. The summed E-state index contributed by atoms with van der Waals surface area (Å²) < 4.78 is 5.33. The van der Waals surface area contributed by atoms with Gasteiger partial charge in [0.2, 0.25) is 0 Å². The fourth-order valence-electron chi connectivity index (χ4n) is 2.67. The number of nitrogens with zero attached hydrogens (tertiary/aromatic N) is 2. The molecule has 0 radical (unpaired) electrons. The van der Waals surface area contributed by atoms with Gasteiger partial charge in [-0.15, -0.1) is 0 Å². The first kappa shape index (κ1) is 12.5. The van der Waals surface area contributed by atoms with Crippen molar-refractivity contribution in [3.8, 4) is 11.5 Å². The molecule has 2 aromatic rings. The molecule has 0 amide bonds. The first-order valence-electron chi connectivity index (χ1n) is 6.52. The fourth-order valence-corrected chi connectivity index (χ4v) is 2.84. The van der Waals surface area contributed by atoms with Crippen LogP contribution >= 0.6 is 11.6 Å². The van der Waals surface area contributed by atoms with E-state index >= 15 is 0 Å². The van der Waals surface area contributed by atoms with Gasteiger partial charge in [0.15, 0.2) is 5.82 Å². The Balaban J connectivity index is 1.90. The Morgan fingerprint density at radius 2 is 2.21 bits per heavy atom. The van der Waals surface area contributed by atoms with Crippen LogP contribution in [0.2, 0.25) is 5.02 Å². The number of hydrogen-bond donors (Lipinski definition) is 1. The molecule has 1 saturated carbocycles. The van der Waals surface area contributed by atoms with Gasteiger partial charge in [0, 0.05) is 16.6 Å². The van der Waals surface area contributed by atoms with Gasteiger partial charge in [-0.25, -0.2) is 0 Å². The van der Waals surface area contributed by atoms with Crippen LogP contribution in [-0.2, 0) is 0 Å². The zero-order valence-corrected chi connectivity index (χ0v) is 11.5. The average Bonchev–Trinajstić information content (AvgIpc) is 3.00. The van der Waals surface area contributed by atoms with Gasteiger partial charge < -0.3 is 10.3 Å². The minimum Gasteiger partial charge on any atom is -0.398 e. The third-order valence-corrected chi connectivity index (χ3v) is 3.98. The lowest BCUT2D eigenvalue weighted by atomic mass is 10.1. The molecule has 0 bridgehead atoms. The summed E-state index contributed by atoms with van der Waals surface area (Å²) >= 11 is 5.97. The standard InChI is InChI=1S/C14H16ClN3O/c1-8-2-3-9(6-8)13-17-14(19-18-13)11-7-10(15)4-5-12(11)16/h4-5,7-9H,2-3,6,16H2,1H3. The Morgan fingerprint density at radius 1 is 1.37 bits per heavy atom. The van der Waals surface area contributed by atoms with E-state index in [0.717, 1.165) is 24.6 Å². The molecule has 2 atom stereocenters. The monoisotopic (exact) mass is 277 g/mol. The molecular weight excluding hydrogens is 262 g/mol. The summed E-state index contributed by atoms with van der Waals surface area (Å²) in [6.07, 6.45) is 3.49. The molecule has 3 rings (SSSR count). The fraction of sp³-hybridized carbons (Fsp3) is 0.429. The number of anilines is 1. The number of nitrogen functional groups attached to an aromatic ring is 1. The Morgan fingerprint density at radius 3 is 2.95 bits per heavy atom. The van der Waals surface area contributed by atoms with Crippen molar-refractivity contribution in [2.75, 3.05) is 5.73 Å². The maximum absolute atomic E-state index is 5.97. The summed E-state index contributed by atoms with van der Waals surface area (Å²) in [5.74, 6) is 2.39. The number of benzene rings is 1. The van der Waals surface area contributed by atoms with Crippen LogP contribution in [0.1, 0.15) is 37.9 Å². The van der Waals surface area contributed by atoms with Crippen LogP contribution < -0.4 is 5.73 Å². The molecule has 19 heavy (non-hydrogen) atoms. The van der Waals surface area contributed by atoms with Gasteiger partial charge in [0.1, 0.15) is 0 Å². The lowest BCUT2D eigenvalue weighted by Crippen LogP contribution is -1.96. The van der Waals surface area contributed by atoms with Crippen molar-refractivity contribution >= 4 is 17.3 Å². The van der Waals surface area contributed by atoms with Crippen LogP contribution in [-0.4, -0.2) is 10.1 Å². The highest BCUT2D eigenvalue weighted by atomic mass is 35.5. The smallest absolute Gasteiger partial charge is 0.260 e. The van der Waals surface area contributed by atoms with Crippen molar-refractivity contribution in [3.63, 3.8) is 0 Å². The third-order valence-electron chi connectivity index (χ3n) is 3.75. The lowest BCUT2D eigenvalue weighted by molar-refractivity contribution is 0.415. The lowest BCUT2D eigenvalue weighted by Gasteiger charge is -2.02. The highest BCUT2D eigenvalue weighted by Crippen LogP contribution is 2.37. The molecule has 1 aliphatic rings. The largest absolute Gasteiger partial charge is 0.398 e. The van der Waals surface area contributed by atoms with E-state index in [2.05, 4.69) is 17.1 Å². The van der Waals surface area contributed by atoms with E-state index in [4.69, 9.17) is 21.9 Å². The van der Waals surface area contributed by atoms with Crippen LogP contribution in [0.25, 0.3) is 11.5 Å². The Labute approximate surface area is 117 Å². The van der Waals surface area contributed by atoms with Gasteiger partial charge in [0.25, 0.3) is 5.89 Å². The van der Waals surface area contributed by atoms with E-state index in [-0.39, 0.29) is 0 Å². The van der Waals surface area contributed by atoms with E-state index in [1.54, 1.807) is 18.2 Å². The molecule has 5 heteroatoms. The van der Waals surface area contributed by atoms with Crippen LogP contribution in [0.3, 0.4) is 0 Å². The van der Waals surface area contributed by atoms with Crippen molar-refractivity contribution in [1.29, 1.82) is 0 Å². The van der Waals surface area contributed by atoms with Gasteiger partial charge >= 0.3 is 0 Å². The second-order valence-electron chi connectivity index (χ2n) is 5.30.